The molecule has 0 aliphatic heterocycles. The minimum Gasteiger partial charge on any atom is -0.399 e. The Bertz CT molecular complexity index is 455. The molecule has 2 N–H and O–H groups in total. The molecule has 0 saturated carbocycles. The van der Waals surface area contributed by atoms with Gasteiger partial charge in [-0.15, -0.1) is 0 Å². The van der Waals surface area contributed by atoms with Gasteiger partial charge in [-0.25, -0.2) is 0 Å². The maximum absolute atomic E-state index is 5.72. The number of methoxy groups -OCH3 is 1. The van der Waals surface area contributed by atoms with Gasteiger partial charge in [0, 0.05) is 19.0 Å². The standard InChI is InChI=1S/C14H17NOSi/c1-16-11-17(13-5-3-2-4-6-13)14-9-7-12(15)8-10-14/h2-10,17H,11,15H2,1H3. The van der Waals surface area contributed by atoms with Crippen LogP contribution in [0.1, 0.15) is 0 Å². The van der Waals surface area contributed by atoms with Crippen LogP contribution >= 0.6 is 0 Å². The summed E-state index contributed by atoms with van der Waals surface area (Å²) < 4.78 is 5.37. The van der Waals surface area contributed by atoms with Gasteiger partial charge in [-0.1, -0.05) is 52.8 Å². The number of hydrogen-bond acceptors (Lipinski definition) is 2. The molecule has 17 heavy (non-hydrogen) atoms. The lowest BCUT2D eigenvalue weighted by Crippen LogP contribution is -2.46. The van der Waals surface area contributed by atoms with Crippen molar-refractivity contribution in [2.24, 2.45) is 0 Å². The van der Waals surface area contributed by atoms with Crippen LogP contribution in [0.4, 0.5) is 5.69 Å². The molecule has 0 amide bonds. The molecule has 0 fully saturated rings. The van der Waals surface area contributed by atoms with Crippen molar-refractivity contribution >= 4 is 24.9 Å². The molecule has 1 unspecified atom stereocenters. The van der Waals surface area contributed by atoms with Crippen LogP contribution in [0.5, 0.6) is 0 Å². The summed E-state index contributed by atoms with van der Waals surface area (Å²) in [7, 11) is 0.515. The van der Waals surface area contributed by atoms with Crippen LogP contribution in [0, 0.1) is 0 Å². The summed E-state index contributed by atoms with van der Waals surface area (Å²) in [6.45, 7) is 0. The number of nitrogen functional groups attached to an aromatic ring is 1. The fourth-order valence-electron chi connectivity index (χ4n) is 1.97. The third-order valence-electron chi connectivity index (χ3n) is 2.87. The van der Waals surface area contributed by atoms with Crippen LogP contribution in [-0.4, -0.2) is 22.1 Å². The topological polar surface area (TPSA) is 35.2 Å². The van der Waals surface area contributed by atoms with E-state index in [2.05, 4.69) is 36.4 Å². The van der Waals surface area contributed by atoms with Gasteiger partial charge in [0.2, 0.25) is 0 Å². The third kappa shape index (κ3) is 2.96. The van der Waals surface area contributed by atoms with E-state index in [1.54, 1.807) is 7.11 Å². The quantitative estimate of drug-likeness (QED) is 0.637. The van der Waals surface area contributed by atoms with Gasteiger partial charge in [-0.2, -0.15) is 0 Å². The van der Waals surface area contributed by atoms with Gasteiger partial charge in [0.1, 0.15) is 8.80 Å². The van der Waals surface area contributed by atoms with Crippen LogP contribution in [0.2, 0.25) is 0 Å². The highest BCUT2D eigenvalue weighted by Gasteiger charge is 2.15. The minimum absolute atomic E-state index is 0.812. The molecule has 1 atom stereocenters. The zero-order chi connectivity index (χ0) is 12.1. The molecule has 2 rings (SSSR count). The molecule has 0 spiro atoms. The van der Waals surface area contributed by atoms with Crippen LogP contribution in [0.3, 0.4) is 0 Å². The van der Waals surface area contributed by atoms with E-state index in [-0.39, 0.29) is 0 Å². The molecule has 0 aromatic heterocycles. The second-order valence-corrected chi connectivity index (χ2v) is 6.86. The lowest BCUT2D eigenvalue weighted by molar-refractivity contribution is 0.251. The van der Waals surface area contributed by atoms with E-state index in [9.17, 15) is 0 Å². The molecular weight excluding hydrogens is 226 g/mol. The van der Waals surface area contributed by atoms with Crippen LogP contribution in [-0.2, 0) is 4.74 Å². The average molecular weight is 243 g/mol. The van der Waals surface area contributed by atoms with Gasteiger partial charge in [0.15, 0.2) is 0 Å². The Labute approximate surface area is 104 Å². The normalized spacial score (nSPS) is 12.3. The highest BCUT2D eigenvalue weighted by Crippen LogP contribution is 1.99. The summed E-state index contributed by atoms with van der Waals surface area (Å²) in [6, 6.07) is 18.8. The van der Waals surface area contributed by atoms with Crippen molar-refractivity contribution in [3.8, 4) is 0 Å². The summed E-state index contributed by atoms with van der Waals surface area (Å²) >= 11 is 0. The lowest BCUT2D eigenvalue weighted by atomic mass is 10.3. The zero-order valence-corrected chi connectivity index (χ0v) is 11.1. The minimum atomic E-state index is -1.25. The van der Waals surface area contributed by atoms with E-state index in [4.69, 9.17) is 10.5 Å². The van der Waals surface area contributed by atoms with E-state index >= 15 is 0 Å². The fourth-order valence-corrected chi connectivity index (χ4v) is 4.41. The highest BCUT2D eigenvalue weighted by atomic mass is 28.3. The van der Waals surface area contributed by atoms with Crippen molar-refractivity contribution in [1.82, 2.24) is 0 Å². The molecule has 0 heterocycles. The van der Waals surface area contributed by atoms with Crippen molar-refractivity contribution in [2.75, 3.05) is 19.1 Å². The molecule has 0 saturated heterocycles. The summed E-state index contributed by atoms with van der Waals surface area (Å²) in [4.78, 5) is 0. The van der Waals surface area contributed by atoms with Crippen LogP contribution < -0.4 is 16.1 Å². The first-order valence-electron chi connectivity index (χ1n) is 5.70. The summed E-state index contributed by atoms with van der Waals surface area (Å²) in [5, 5.41) is 2.77. The van der Waals surface area contributed by atoms with Gasteiger partial charge < -0.3 is 10.5 Å². The van der Waals surface area contributed by atoms with Crippen molar-refractivity contribution < 1.29 is 4.74 Å². The molecule has 2 aromatic carbocycles. The van der Waals surface area contributed by atoms with Gasteiger partial charge in [-0.3, -0.25) is 0 Å². The van der Waals surface area contributed by atoms with E-state index < -0.39 is 8.80 Å². The number of anilines is 1. The van der Waals surface area contributed by atoms with Crippen molar-refractivity contribution in [3.05, 3.63) is 54.6 Å². The first-order chi connectivity index (χ1) is 8.31. The Morgan fingerprint density at radius 3 is 2.12 bits per heavy atom. The molecule has 0 aliphatic carbocycles. The predicted octanol–water partition coefficient (Wildman–Crippen LogP) is 0.796. The highest BCUT2D eigenvalue weighted by molar-refractivity contribution is 6.85. The van der Waals surface area contributed by atoms with E-state index in [0.29, 0.717) is 0 Å². The Kier molecular flexibility index (Phi) is 3.96. The van der Waals surface area contributed by atoms with Crippen molar-refractivity contribution in [1.29, 1.82) is 0 Å². The Balaban J connectivity index is 2.32. The van der Waals surface area contributed by atoms with E-state index in [1.807, 2.05) is 18.2 Å². The molecule has 3 heteroatoms. The molecule has 2 aromatic rings. The van der Waals surface area contributed by atoms with Crippen molar-refractivity contribution in [3.63, 3.8) is 0 Å². The molecule has 88 valence electrons. The molecule has 0 radical (unpaired) electrons. The first kappa shape index (κ1) is 11.9. The second kappa shape index (κ2) is 5.66. The maximum atomic E-state index is 5.72. The smallest absolute Gasteiger partial charge is 0.130 e. The zero-order valence-electron chi connectivity index (χ0n) is 9.97. The number of rotatable bonds is 4. The summed E-state index contributed by atoms with van der Waals surface area (Å²) in [5.41, 5.74) is 6.54. The fraction of sp³-hybridized carbons (Fsp3) is 0.143. The largest absolute Gasteiger partial charge is 0.399 e. The molecule has 0 bridgehead atoms. The van der Waals surface area contributed by atoms with Crippen molar-refractivity contribution in [2.45, 2.75) is 0 Å². The maximum Gasteiger partial charge on any atom is 0.130 e. The summed E-state index contributed by atoms with van der Waals surface area (Å²) in [5.74, 6) is 0. The number of hydrogen-bond donors (Lipinski definition) is 1. The monoisotopic (exact) mass is 243 g/mol. The SMILES string of the molecule is COC[SiH](c1ccccc1)c1ccc(N)cc1. The number of ether oxygens (including phenoxy) is 1. The third-order valence-corrected chi connectivity index (χ3v) is 5.92. The molecular formula is C14H17NOSi. The Hall–Kier alpha value is -1.58. The van der Waals surface area contributed by atoms with Crippen LogP contribution in [0.15, 0.2) is 54.6 Å². The second-order valence-electron chi connectivity index (χ2n) is 4.09. The van der Waals surface area contributed by atoms with E-state index in [0.717, 1.165) is 11.9 Å². The Morgan fingerprint density at radius 2 is 1.53 bits per heavy atom. The number of nitrogens with two attached hydrogens (primary N) is 1. The van der Waals surface area contributed by atoms with E-state index in [1.165, 1.54) is 10.4 Å². The molecule has 2 nitrogen and oxygen atoms in total. The average Bonchev–Trinajstić information content (AvgIpc) is 2.38. The van der Waals surface area contributed by atoms with Crippen LogP contribution in [0.25, 0.3) is 0 Å². The number of benzene rings is 2. The lowest BCUT2D eigenvalue weighted by Gasteiger charge is -2.15. The summed E-state index contributed by atoms with van der Waals surface area (Å²) in [6.07, 6.45) is 0.813. The molecule has 0 aliphatic rings. The Morgan fingerprint density at radius 1 is 0.941 bits per heavy atom. The predicted molar refractivity (Wildman–Crippen MR) is 75.6 cm³/mol. The van der Waals surface area contributed by atoms with Gasteiger partial charge >= 0.3 is 0 Å². The first-order valence-corrected chi connectivity index (χ1v) is 7.67. The van der Waals surface area contributed by atoms with Gasteiger partial charge in [-0.05, 0) is 12.1 Å². The van der Waals surface area contributed by atoms with Gasteiger partial charge in [0.05, 0.1) is 0 Å². The van der Waals surface area contributed by atoms with Gasteiger partial charge in [0.25, 0.3) is 0 Å².